The molecule has 1 aliphatic rings. The zero-order chi connectivity index (χ0) is 17.3. The van der Waals surface area contributed by atoms with Crippen molar-refractivity contribution in [2.24, 2.45) is 5.92 Å². The maximum Gasteiger partial charge on any atom is 0.211 e. The van der Waals surface area contributed by atoms with Crippen molar-refractivity contribution in [3.8, 4) is 0 Å². The van der Waals surface area contributed by atoms with E-state index in [9.17, 15) is 4.79 Å². The number of hydrogen-bond acceptors (Lipinski definition) is 2. The van der Waals surface area contributed by atoms with Crippen LogP contribution < -0.4 is 5.32 Å². The lowest BCUT2D eigenvalue weighted by Gasteiger charge is -2.18. The summed E-state index contributed by atoms with van der Waals surface area (Å²) >= 11 is 1.83. The van der Waals surface area contributed by atoms with Gasteiger partial charge in [-0.3, -0.25) is 4.79 Å². The van der Waals surface area contributed by atoms with Crippen LogP contribution in [0.5, 0.6) is 0 Å². The molecule has 0 saturated heterocycles. The number of anilines is 1. The molecule has 1 amide bonds. The molecule has 25 heavy (non-hydrogen) atoms. The molecule has 2 aromatic carbocycles. The zero-order valence-electron chi connectivity index (χ0n) is 14.5. The van der Waals surface area contributed by atoms with Gasteiger partial charge in [0.2, 0.25) is 6.41 Å². The van der Waals surface area contributed by atoms with Crippen molar-refractivity contribution in [1.82, 2.24) is 0 Å². The summed E-state index contributed by atoms with van der Waals surface area (Å²) in [7, 11) is 0. The number of amides is 1. The fraction of sp³-hybridized carbons (Fsp3) is 0.318. The van der Waals surface area contributed by atoms with Crippen molar-refractivity contribution in [2.45, 2.75) is 42.8 Å². The molecule has 1 N–H and O–H groups in total. The molecule has 130 valence electrons. The van der Waals surface area contributed by atoms with Gasteiger partial charge in [0.25, 0.3) is 0 Å². The Labute approximate surface area is 154 Å². The van der Waals surface area contributed by atoms with Gasteiger partial charge in [-0.1, -0.05) is 61.7 Å². The predicted octanol–water partition coefficient (Wildman–Crippen LogP) is 6.14. The SMILES string of the molecule is O=CNc1ccc(SCc2ccccc2)cc1/C=C\C1CCCCC1. The van der Waals surface area contributed by atoms with Crippen molar-refractivity contribution in [3.63, 3.8) is 0 Å². The van der Waals surface area contributed by atoms with Crippen LogP contribution in [0.2, 0.25) is 0 Å². The van der Waals surface area contributed by atoms with Crippen molar-refractivity contribution in [3.05, 3.63) is 65.7 Å². The molecule has 1 saturated carbocycles. The molecule has 1 aliphatic carbocycles. The number of thioether (sulfide) groups is 1. The second kappa shape index (κ2) is 9.47. The lowest BCUT2D eigenvalue weighted by molar-refractivity contribution is -0.105. The van der Waals surface area contributed by atoms with Crippen molar-refractivity contribution in [1.29, 1.82) is 0 Å². The van der Waals surface area contributed by atoms with Crippen LogP contribution in [0.15, 0.2) is 59.5 Å². The van der Waals surface area contributed by atoms with Crippen LogP contribution in [-0.2, 0) is 10.5 Å². The van der Waals surface area contributed by atoms with Gasteiger partial charge in [0, 0.05) is 16.3 Å². The number of allylic oxidation sites excluding steroid dienone is 1. The molecule has 0 bridgehead atoms. The van der Waals surface area contributed by atoms with Crippen LogP contribution in [0.3, 0.4) is 0 Å². The predicted molar refractivity (Wildman–Crippen MR) is 108 cm³/mol. The topological polar surface area (TPSA) is 29.1 Å². The summed E-state index contributed by atoms with van der Waals surface area (Å²) in [5, 5.41) is 2.82. The molecule has 2 nitrogen and oxygen atoms in total. The third-order valence-corrected chi connectivity index (χ3v) is 5.75. The van der Waals surface area contributed by atoms with E-state index in [1.807, 2.05) is 23.9 Å². The van der Waals surface area contributed by atoms with Crippen LogP contribution >= 0.6 is 11.8 Å². The highest BCUT2D eigenvalue weighted by Gasteiger charge is 2.10. The normalized spacial score (nSPS) is 15.4. The molecular weight excluding hydrogens is 326 g/mol. The molecule has 2 aromatic rings. The molecule has 3 heteroatoms. The Bertz CT molecular complexity index is 705. The minimum atomic E-state index is 0.679. The monoisotopic (exact) mass is 351 g/mol. The van der Waals surface area contributed by atoms with Gasteiger partial charge in [-0.2, -0.15) is 0 Å². The first-order valence-electron chi connectivity index (χ1n) is 9.04. The maximum absolute atomic E-state index is 10.9. The second-order valence-electron chi connectivity index (χ2n) is 6.54. The smallest absolute Gasteiger partial charge is 0.211 e. The molecule has 0 aromatic heterocycles. The summed E-state index contributed by atoms with van der Waals surface area (Å²) in [4.78, 5) is 12.1. The number of benzene rings is 2. The molecule has 0 heterocycles. The van der Waals surface area contributed by atoms with E-state index in [-0.39, 0.29) is 0 Å². The van der Waals surface area contributed by atoms with E-state index in [1.54, 1.807) is 0 Å². The lowest BCUT2D eigenvalue weighted by atomic mass is 9.88. The summed E-state index contributed by atoms with van der Waals surface area (Å²) in [6.45, 7) is 0. The fourth-order valence-electron chi connectivity index (χ4n) is 3.27. The van der Waals surface area contributed by atoms with E-state index in [0.717, 1.165) is 23.4 Å². The molecule has 0 aliphatic heterocycles. The summed E-state index contributed by atoms with van der Waals surface area (Å²) in [6.07, 6.45) is 11.9. The van der Waals surface area contributed by atoms with Gasteiger partial charge in [-0.25, -0.2) is 0 Å². The maximum atomic E-state index is 10.9. The van der Waals surface area contributed by atoms with Crippen LogP contribution in [0.25, 0.3) is 6.08 Å². The summed E-state index contributed by atoms with van der Waals surface area (Å²) in [5.74, 6) is 1.63. The Kier molecular flexibility index (Phi) is 6.75. The van der Waals surface area contributed by atoms with E-state index in [0.29, 0.717) is 5.92 Å². The van der Waals surface area contributed by atoms with Crippen LogP contribution in [-0.4, -0.2) is 6.41 Å². The number of nitrogens with one attached hydrogen (secondary N) is 1. The number of carbonyl (C=O) groups is 1. The largest absolute Gasteiger partial charge is 0.328 e. The Balaban J connectivity index is 1.71. The minimum absolute atomic E-state index is 0.679. The summed E-state index contributed by atoms with van der Waals surface area (Å²) in [5.41, 5.74) is 3.30. The first-order valence-corrected chi connectivity index (χ1v) is 10.0. The quantitative estimate of drug-likeness (QED) is 0.479. The third-order valence-electron chi connectivity index (χ3n) is 4.68. The molecule has 0 unspecified atom stereocenters. The minimum Gasteiger partial charge on any atom is -0.328 e. The first kappa shape index (κ1) is 17.8. The van der Waals surface area contributed by atoms with Gasteiger partial charge in [0.05, 0.1) is 0 Å². The van der Waals surface area contributed by atoms with Crippen molar-refractivity contribution < 1.29 is 4.79 Å². The van der Waals surface area contributed by atoms with Crippen LogP contribution in [0, 0.1) is 5.92 Å². The number of carbonyl (C=O) groups excluding carboxylic acids is 1. The summed E-state index contributed by atoms with van der Waals surface area (Å²) in [6, 6.07) is 16.8. The molecular formula is C22H25NOS. The molecule has 0 atom stereocenters. The van der Waals surface area contributed by atoms with Gasteiger partial charge >= 0.3 is 0 Å². The molecule has 1 fully saturated rings. The van der Waals surface area contributed by atoms with Gasteiger partial charge in [-0.15, -0.1) is 11.8 Å². The van der Waals surface area contributed by atoms with E-state index in [4.69, 9.17) is 0 Å². The van der Waals surface area contributed by atoms with Gasteiger partial charge in [0.1, 0.15) is 0 Å². The first-order chi connectivity index (χ1) is 12.3. The number of rotatable bonds is 7. The Hall–Kier alpha value is -2.00. The lowest BCUT2D eigenvalue weighted by Crippen LogP contribution is -2.02. The molecule has 3 rings (SSSR count). The number of hydrogen-bond donors (Lipinski definition) is 1. The fourth-order valence-corrected chi connectivity index (χ4v) is 4.17. The zero-order valence-corrected chi connectivity index (χ0v) is 15.3. The van der Waals surface area contributed by atoms with E-state index in [2.05, 4.69) is 53.9 Å². The standard InChI is InChI=1S/C22H25NOS/c24-17-23-22-14-13-21(25-16-19-9-5-2-6-10-19)15-20(22)12-11-18-7-3-1-4-8-18/h2,5-6,9-15,17-18H,1,3-4,7-8,16H2,(H,23,24)/b12-11-. The van der Waals surface area contributed by atoms with Gasteiger partial charge in [-0.05, 0) is 48.1 Å². The Morgan fingerprint density at radius 3 is 2.60 bits per heavy atom. The third kappa shape index (κ3) is 5.50. The summed E-state index contributed by atoms with van der Waals surface area (Å²) < 4.78 is 0. The average Bonchev–Trinajstić information content (AvgIpc) is 2.68. The van der Waals surface area contributed by atoms with E-state index in [1.165, 1.54) is 42.6 Å². The van der Waals surface area contributed by atoms with Crippen LogP contribution in [0.1, 0.15) is 43.2 Å². The van der Waals surface area contributed by atoms with Crippen LogP contribution in [0.4, 0.5) is 5.69 Å². The molecule has 0 spiro atoms. The second-order valence-corrected chi connectivity index (χ2v) is 7.59. The van der Waals surface area contributed by atoms with Crippen molar-refractivity contribution in [2.75, 3.05) is 5.32 Å². The average molecular weight is 352 g/mol. The Morgan fingerprint density at radius 1 is 1.04 bits per heavy atom. The highest BCUT2D eigenvalue weighted by atomic mass is 32.2. The van der Waals surface area contributed by atoms with Gasteiger partial charge < -0.3 is 5.32 Å². The highest BCUT2D eigenvalue weighted by Crippen LogP contribution is 2.30. The Morgan fingerprint density at radius 2 is 1.84 bits per heavy atom. The molecule has 0 radical (unpaired) electrons. The van der Waals surface area contributed by atoms with Crippen molar-refractivity contribution >= 4 is 29.9 Å². The van der Waals surface area contributed by atoms with Gasteiger partial charge in [0.15, 0.2) is 0 Å². The highest BCUT2D eigenvalue weighted by molar-refractivity contribution is 7.98. The van der Waals surface area contributed by atoms with E-state index >= 15 is 0 Å². The van der Waals surface area contributed by atoms with E-state index < -0.39 is 0 Å².